The van der Waals surface area contributed by atoms with E-state index in [9.17, 15) is 27.6 Å². The van der Waals surface area contributed by atoms with Gasteiger partial charge in [-0.3, -0.25) is 19.1 Å². The highest BCUT2D eigenvalue weighted by Gasteiger charge is 2.58. The van der Waals surface area contributed by atoms with Gasteiger partial charge in [0.1, 0.15) is 6.61 Å². The van der Waals surface area contributed by atoms with Crippen molar-refractivity contribution < 1.29 is 37.0 Å². The van der Waals surface area contributed by atoms with Crippen LogP contribution in [-0.4, -0.2) is 62.4 Å². The van der Waals surface area contributed by atoms with Gasteiger partial charge in [-0.15, -0.1) is 13.2 Å². The van der Waals surface area contributed by atoms with E-state index in [-0.39, 0.29) is 18.9 Å². The Morgan fingerprint density at radius 1 is 1.41 bits per heavy atom. The predicted octanol–water partition coefficient (Wildman–Crippen LogP) is -0.533. The van der Waals surface area contributed by atoms with Crippen molar-refractivity contribution in [3.05, 3.63) is 0 Å². The molecule has 3 saturated heterocycles. The Bertz CT molecular complexity index is 629. The fourth-order valence-electron chi connectivity index (χ4n) is 4.22. The van der Waals surface area contributed by atoms with Crippen LogP contribution in [0.5, 0.6) is 0 Å². The maximum absolute atomic E-state index is 12.5. The van der Waals surface area contributed by atoms with Gasteiger partial charge in [-0.25, -0.2) is 0 Å². The molecule has 0 bridgehead atoms. The number of primary amides is 1. The lowest BCUT2D eigenvalue weighted by atomic mass is 9.68. The van der Waals surface area contributed by atoms with Crippen molar-refractivity contribution in [3.63, 3.8) is 0 Å². The van der Waals surface area contributed by atoms with Gasteiger partial charge in [-0.1, -0.05) is 0 Å². The SMILES string of the molecule is NC(=O)C1CC2(CN1)COC2[C@H](C[C@H]1CCNC1=O)C(=O)COC(F)(F)F. The van der Waals surface area contributed by atoms with Crippen molar-refractivity contribution in [1.29, 1.82) is 0 Å². The standard InChI is InChI=1S/C16H22F3N3O5/c17-16(18,19)27-5-11(23)9(3-8-1-2-21-14(8)25)12-15(7-26-12)4-10(13(20)24)22-6-15/h8-10,12,22H,1-7H2,(H2,20,24)(H,21,25)/t8-,9-,10?,12?,15?/m1/s1. The van der Waals surface area contributed by atoms with Gasteiger partial charge in [0.2, 0.25) is 11.8 Å². The molecule has 27 heavy (non-hydrogen) atoms. The molecular weight excluding hydrogens is 371 g/mol. The van der Waals surface area contributed by atoms with E-state index in [1.165, 1.54) is 0 Å². The number of rotatable bonds is 7. The first-order valence-electron chi connectivity index (χ1n) is 8.77. The van der Waals surface area contributed by atoms with Crippen LogP contribution in [0.2, 0.25) is 0 Å². The number of Topliss-reactive ketones (excluding diaryl/α,β-unsaturated/α-hetero) is 1. The summed E-state index contributed by atoms with van der Waals surface area (Å²) in [5.41, 5.74) is 4.76. The lowest BCUT2D eigenvalue weighted by Crippen LogP contribution is -2.59. The molecule has 3 unspecified atom stereocenters. The zero-order valence-corrected chi connectivity index (χ0v) is 14.5. The van der Waals surface area contributed by atoms with Crippen LogP contribution in [0, 0.1) is 17.3 Å². The molecule has 0 saturated carbocycles. The third kappa shape index (κ3) is 4.25. The van der Waals surface area contributed by atoms with Crippen molar-refractivity contribution in [1.82, 2.24) is 10.6 Å². The fourth-order valence-corrected chi connectivity index (χ4v) is 4.22. The highest BCUT2D eigenvalue weighted by molar-refractivity contribution is 5.85. The summed E-state index contributed by atoms with van der Waals surface area (Å²) < 4.78 is 46.3. The first-order chi connectivity index (χ1) is 12.6. The van der Waals surface area contributed by atoms with Gasteiger partial charge in [0, 0.05) is 30.3 Å². The lowest BCUT2D eigenvalue weighted by Gasteiger charge is -2.50. The number of alkyl halides is 3. The van der Waals surface area contributed by atoms with Crippen molar-refractivity contribution in [2.24, 2.45) is 23.0 Å². The molecule has 0 radical (unpaired) electrons. The van der Waals surface area contributed by atoms with Crippen LogP contribution in [0.25, 0.3) is 0 Å². The molecule has 11 heteroatoms. The van der Waals surface area contributed by atoms with E-state index >= 15 is 0 Å². The van der Waals surface area contributed by atoms with Gasteiger partial charge in [-0.05, 0) is 19.3 Å². The molecule has 3 fully saturated rings. The van der Waals surface area contributed by atoms with Crippen molar-refractivity contribution >= 4 is 17.6 Å². The molecule has 2 amide bonds. The maximum Gasteiger partial charge on any atom is 0.522 e. The first-order valence-corrected chi connectivity index (χ1v) is 8.77. The molecular formula is C16H22F3N3O5. The normalized spacial score (nSPS) is 34.3. The molecule has 3 aliphatic heterocycles. The number of nitrogens with one attached hydrogen (secondary N) is 2. The van der Waals surface area contributed by atoms with Crippen LogP contribution < -0.4 is 16.4 Å². The number of hydrogen-bond acceptors (Lipinski definition) is 6. The minimum Gasteiger partial charge on any atom is -0.376 e. The first kappa shape index (κ1) is 20.0. The Balaban J connectivity index is 1.74. The number of hydrogen-bond donors (Lipinski definition) is 3. The Labute approximate surface area is 153 Å². The van der Waals surface area contributed by atoms with E-state index in [2.05, 4.69) is 15.4 Å². The number of ketones is 1. The van der Waals surface area contributed by atoms with Crippen molar-refractivity contribution in [3.8, 4) is 0 Å². The average Bonchev–Trinajstić information content (AvgIpc) is 3.19. The second kappa shape index (κ2) is 7.36. The van der Waals surface area contributed by atoms with Crippen molar-refractivity contribution in [2.75, 3.05) is 26.3 Å². The van der Waals surface area contributed by atoms with Crippen LogP contribution in [0.15, 0.2) is 0 Å². The molecule has 3 aliphatic rings. The van der Waals surface area contributed by atoms with Gasteiger partial charge in [-0.2, -0.15) is 0 Å². The number of halogens is 3. The molecule has 5 atom stereocenters. The minimum absolute atomic E-state index is 0.0829. The smallest absolute Gasteiger partial charge is 0.376 e. The van der Waals surface area contributed by atoms with Crippen LogP contribution in [0.4, 0.5) is 13.2 Å². The summed E-state index contributed by atoms with van der Waals surface area (Å²) in [6, 6.07) is -0.576. The molecule has 4 N–H and O–H groups in total. The fraction of sp³-hybridized carbons (Fsp3) is 0.812. The summed E-state index contributed by atoms with van der Waals surface area (Å²) in [4.78, 5) is 35.8. The zero-order chi connectivity index (χ0) is 19.8. The van der Waals surface area contributed by atoms with Crippen LogP contribution in [0.1, 0.15) is 19.3 Å². The predicted molar refractivity (Wildman–Crippen MR) is 84.0 cm³/mol. The Hall–Kier alpha value is -1.72. The van der Waals surface area contributed by atoms with E-state index in [0.29, 0.717) is 25.9 Å². The third-order valence-electron chi connectivity index (χ3n) is 5.67. The highest BCUT2D eigenvalue weighted by Crippen LogP contribution is 2.47. The highest BCUT2D eigenvalue weighted by atomic mass is 19.4. The Kier molecular flexibility index (Phi) is 5.46. The summed E-state index contributed by atoms with van der Waals surface area (Å²) in [5, 5.41) is 5.63. The quantitative estimate of drug-likeness (QED) is 0.535. The Morgan fingerprint density at radius 3 is 2.63 bits per heavy atom. The average molecular weight is 393 g/mol. The summed E-state index contributed by atoms with van der Waals surface area (Å²) in [6.45, 7) is -0.0299. The van der Waals surface area contributed by atoms with E-state index in [1.54, 1.807) is 0 Å². The van der Waals surface area contributed by atoms with Crippen LogP contribution in [-0.2, 0) is 23.9 Å². The molecule has 152 valence electrons. The van der Waals surface area contributed by atoms with Gasteiger partial charge in [0.05, 0.1) is 18.8 Å². The molecule has 0 aliphatic carbocycles. The minimum atomic E-state index is -4.92. The molecule has 8 nitrogen and oxygen atoms in total. The summed E-state index contributed by atoms with van der Waals surface area (Å²) in [6.07, 6.45) is -4.68. The molecule has 1 spiro atoms. The van der Waals surface area contributed by atoms with Crippen molar-refractivity contribution in [2.45, 2.75) is 37.8 Å². The van der Waals surface area contributed by atoms with E-state index < -0.39 is 54.1 Å². The maximum atomic E-state index is 12.5. The van der Waals surface area contributed by atoms with Gasteiger partial charge >= 0.3 is 6.36 Å². The molecule has 0 aromatic carbocycles. The largest absolute Gasteiger partial charge is 0.522 e. The van der Waals surface area contributed by atoms with Gasteiger partial charge in [0.25, 0.3) is 0 Å². The number of carbonyl (C=O) groups is 3. The summed E-state index contributed by atoms with van der Waals surface area (Å²) in [7, 11) is 0. The molecule has 0 aromatic heterocycles. The van der Waals surface area contributed by atoms with E-state index in [0.717, 1.165) is 0 Å². The summed E-state index contributed by atoms with van der Waals surface area (Å²) in [5.74, 6) is -2.91. The molecule has 3 rings (SSSR count). The number of nitrogens with two attached hydrogens (primary N) is 1. The lowest BCUT2D eigenvalue weighted by molar-refractivity contribution is -0.321. The Morgan fingerprint density at radius 2 is 2.15 bits per heavy atom. The van der Waals surface area contributed by atoms with E-state index in [4.69, 9.17) is 10.5 Å². The number of amides is 2. The monoisotopic (exact) mass is 393 g/mol. The third-order valence-corrected chi connectivity index (χ3v) is 5.67. The van der Waals surface area contributed by atoms with Gasteiger partial charge < -0.3 is 21.1 Å². The summed E-state index contributed by atoms with van der Waals surface area (Å²) >= 11 is 0. The van der Waals surface area contributed by atoms with Gasteiger partial charge in [0.15, 0.2) is 5.78 Å². The molecule has 3 heterocycles. The topological polar surface area (TPSA) is 120 Å². The van der Waals surface area contributed by atoms with Crippen LogP contribution >= 0.6 is 0 Å². The second-order valence-corrected chi connectivity index (χ2v) is 7.45. The van der Waals surface area contributed by atoms with Crippen LogP contribution in [0.3, 0.4) is 0 Å². The zero-order valence-electron chi connectivity index (χ0n) is 14.5. The number of ether oxygens (including phenoxy) is 2. The number of carbonyl (C=O) groups excluding carboxylic acids is 3. The van der Waals surface area contributed by atoms with E-state index in [1.807, 2.05) is 0 Å². The second-order valence-electron chi connectivity index (χ2n) is 7.45. The molecule has 0 aromatic rings.